The topological polar surface area (TPSA) is 53.4 Å². The smallest absolute Gasteiger partial charge is 0.330 e. The molecule has 3 unspecified atom stereocenters. The van der Waals surface area contributed by atoms with Crippen molar-refractivity contribution in [3.63, 3.8) is 0 Å². The Bertz CT molecular complexity index is 503. The minimum absolute atomic E-state index is 0.352. The fraction of sp³-hybridized carbons (Fsp3) is 0.333. The van der Waals surface area contributed by atoms with Crippen molar-refractivity contribution in [1.82, 2.24) is 4.98 Å². The highest BCUT2D eigenvalue weighted by Crippen LogP contribution is 2.39. The number of fused-ring (bicyclic) bond motifs is 1. The Morgan fingerprint density at radius 1 is 1.59 bits per heavy atom. The Hall–Kier alpha value is -1.91. The van der Waals surface area contributed by atoms with Crippen molar-refractivity contribution in [2.45, 2.75) is 24.7 Å². The number of rotatable bonds is 2. The van der Waals surface area contributed by atoms with Crippen molar-refractivity contribution in [3.05, 3.63) is 30.0 Å². The molecule has 1 fully saturated rings. The number of carbonyl (C=O) groups is 1. The molecule has 0 amide bonds. The van der Waals surface area contributed by atoms with Crippen LogP contribution in [-0.4, -0.2) is 34.3 Å². The molecule has 0 spiro atoms. The van der Waals surface area contributed by atoms with Crippen molar-refractivity contribution in [1.29, 1.82) is 0 Å². The molecule has 0 bridgehead atoms. The van der Waals surface area contributed by atoms with E-state index in [9.17, 15) is 9.18 Å². The maximum Gasteiger partial charge on any atom is 0.330 e. The molecule has 5 heteroatoms. The minimum atomic E-state index is -0.975. The second-order valence-corrected chi connectivity index (χ2v) is 4.28. The van der Waals surface area contributed by atoms with E-state index in [0.29, 0.717) is 12.2 Å². The van der Waals surface area contributed by atoms with E-state index in [1.165, 1.54) is 0 Å². The highest BCUT2D eigenvalue weighted by Gasteiger charge is 2.48. The summed E-state index contributed by atoms with van der Waals surface area (Å²) in [6, 6.07) is 2.46. The van der Waals surface area contributed by atoms with Gasteiger partial charge in [-0.2, -0.15) is 0 Å². The zero-order chi connectivity index (χ0) is 12.0. The van der Waals surface area contributed by atoms with Gasteiger partial charge in [0.2, 0.25) is 0 Å². The van der Waals surface area contributed by atoms with E-state index in [4.69, 9.17) is 5.11 Å². The standard InChI is InChI=1S/C12H11FN2O2/c13-8-6-10(8)15-9(12(16)17)4-3-7-2-1-5-14-11(7)15/h1-5,8-10H,6H2,(H,16,17). The summed E-state index contributed by atoms with van der Waals surface area (Å²) in [4.78, 5) is 16.9. The lowest BCUT2D eigenvalue weighted by Gasteiger charge is -2.31. The molecule has 4 nitrogen and oxygen atoms in total. The Balaban J connectivity index is 2.05. The number of halogens is 1. The number of aromatic nitrogens is 1. The molecule has 2 heterocycles. The number of anilines is 1. The van der Waals surface area contributed by atoms with E-state index in [1.807, 2.05) is 6.07 Å². The van der Waals surface area contributed by atoms with E-state index in [2.05, 4.69) is 4.98 Å². The SMILES string of the molecule is O=C(O)C1C=Cc2cccnc2N1C1CC1F. The number of carboxylic acid groups (broad SMARTS) is 1. The number of hydrogen-bond donors (Lipinski definition) is 1. The van der Waals surface area contributed by atoms with Gasteiger partial charge in [-0.25, -0.2) is 14.2 Å². The first-order chi connectivity index (χ1) is 8.18. The molecule has 1 aliphatic heterocycles. The van der Waals surface area contributed by atoms with Crippen molar-refractivity contribution in [2.75, 3.05) is 4.90 Å². The van der Waals surface area contributed by atoms with Crippen molar-refractivity contribution >= 4 is 17.9 Å². The molecular weight excluding hydrogens is 223 g/mol. The van der Waals surface area contributed by atoms with Crippen LogP contribution in [-0.2, 0) is 4.79 Å². The fourth-order valence-electron chi connectivity index (χ4n) is 2.18. The van der Waals surface area contributed by atoms with Gasteiger partial charge in [0.15, 0.2) is 0 Å². The molecule has 1 aliphatic carbocycles. The molecular formula is C12H11FN2O2. The fourth-order valence-corrected chi connectivity index (χ4v) is 2.18. The summed E-state index contributed by atoms with van der Waals surface area (Å²) in [5.74, 6) is -0.413. The molecule has 3 atom stereocenters. The normalized spacial score (nSPS) is 29.9. The lowest BCUT2D eigenvalue weighted by Crippen LogP contribution is -2.44. The molecule has 1 aromatic rings. The summed E-state index contributed by atoms with van der Waals surface area (Å²) in [7, 11) is 0. The van der Waals surface area contributed by atoms with E-state index < -0.39 is 18.2 Å². The van der Waals surface area contributed by atoms with Crippen LogP contribution in [0.5, 0.6) is 0 Å². The van der Waals surface area contributed by atoms with Gasteiger partial charge in [0.05, 0.1) is 6.04 Å². The van der Waals surface area contributed by atoms with Crippen LogP contribution in [0.4, 0.5) is 10.2 Å². The van der Waals surface area contributed by atoms with Crippen LogP contribution in [0.3, 0.4) is 0 Å². The van der Waals surface area contributed by atoms with E-state index in [-0.39, 0.29) is 6.04 Å². The van der Waals surface area contributed by atoms with Crippen molar-refractivity contribution in [3.8, 4) is 0 Å². The second kappa shape index (κ2) is 3.55. The van der Waals surface area contributed by atoms with Crippen molar-refractivity contribution < 1.29 is 14.3 Å². The van der Waals surface area contributed by atoms with Gasteiger partial charge in [0.25, 0.3) is 0 Å². The summed E-state index contributed by atoms with van der Waals surface area (Å²) < 4.78 is 13.2. The third kappa shape index (κ3) is 1.58. The van der Waals surface area contributed by atoms with Gasteiger partial charge in [-0.05, 0) is 12.1 Å². The Morgan fingerprint density at radius 2 is 2.35 bits per heavy atom. The predicted molar refractivity (Wildman–Crippen MR) is 60.5 cm³/mol. The number of pyridine rings is 1. The van der Waals surface area contributed by atoms with Gasteiger partial charge in [-0.15, -0.1) is 0 Å². The highest BCUT2D eigenvalue weighted by atomic mass is 19.1. The summed E-state index contributed by atoms with van der Waals surface area (Å²) in [5.41, 5.74) is 0.837. The van der Waals surface area contributed by atoms with Gasteiger partial charge in [-0.1, -0.05) is 12.2 Å². The van der Waals surface area contributed by atoms with Crippen LogP contribution in [0.1, 0.15) is 12.0 Å². The van der Waals surface area contributed by atoms with Crippen LogP contribution < -0.4 is 4.90 Å². The molecule has 1 aromatic heterocycles. The van der Waals surface area contributed by atoms with Gasteiger partial charge in [0.1, 0.15) is 18.0 Å². The Labute approximate surface area is 97.4 Å². The van der Waals surface area contributed by atoms with Crippen LogP contribution >= 0.6 is 0 Å². The van der Waals surface area contributed by atoms with Crippen LogP contribution in [0.15, 0.2) is 24.4 Å². The molecule has 0 aromatic carbocycles. The second-order valence-electron chi connectivity index (χ2n) is 4.28. The van der Waals surface area contributed by atoms with Gasteiger partial charge < -0.3 is 10.0 Å². The third-order valence-electron chi connectivity index (χ3n) is 3.11. The molecule has 88 valence electrons. The van der Waals surface area contributed by atoms with E-state index >= 15 is 0 Å². The molecule has 3 rings (SSSR count). The number of aliphatic carboxylic acids is 1. The molecule has 0 saturated heterocycles. The molecule has 2 aliphatic rings. The molecule has 0 radical (unpaired) electrons. The predicted octanol–water partition coefficient (Wildman–Crippen LogP) is 1.48. The Morgan fingerprint density at radius 3 is 3.00 bits per heavy atom. The summed E-state index contributed by atoms with van der Waals surface area (Å²) in [5, 5.41) is 9.15. The van der Waals surface area contributed by atoms with Gasteiger partial charge >= 0.3 is 5.97 Å². The first kappa shape index (κ1) is 10.3. The third-order valence-corrected chi connectivity index (χ3v) is 3.11. The van der Waals surface area contributed by atoms with E-state index in [0.717, 1.165) is 5.56 Å². The molecule has 1 N–H and O–H groups in total. The average molecular weight is 234 g/mol. The lowest BCUT2D eigenvalue weighted by molar-refractivity contribution is -0.137. The highest BCUT2D eigenvalue weighted by molar-refractivity contribution is 5.86. The monoisotopic (exact) mass is 234 g/mol. The first-order valence-corrected chi connectivity index (χ1v) is 5.47. The number of nitrogens with zero attached hydrogens (tertiary/aromatic N) is 2. The largest absolute Gasteiger partial charge is 0.479 e. The maximum absolute atomic E-state index is 13.2. The van der Waals surface area contributed by atoms with Crippen LogP contribution in [0, 0.1) is 0 Å². The average Bonchev–Trinajstić information content (AvgIpc) is 3.04. The van der Waals surface area contributed by atoms with Crippen LogP contribution in [0.2, 0.25) is 0 Å². The zero-order valence-electron chi connectivity index (χ0n) is 8.95. The number of alkyl halides is 1. The maximum atomic E-state index is 13.2. The lowest BCUT2D eigenvalue weighted by atomic mass is 10.1. The first-order valence-electron chi connectivity index (χ1n) is 5.47. The molecule has 17 heavy (non-hydrogen) atoms. The van der Waals surface area contributed by atoms with Crippen LogP contribution in [0.25, 0.3) is 6.08 Å². The summed E-state index contributed by atoms with van der Waals surface area (Å²) in [6.45, 7) is 0. The minimum Gasteiger partial charge on any atom is -0.479 e. The van der Waals surface area contributed by atoms with Gasteiger partial charge in [-0.3, -0.25) is 0 Å². The van der Waals surface area contributed by atoms with Crippen molar-refractivity contribution in [2.24, 2.45) is 0 Å². The molecule has 1 saturated carbocycles. The number of hydrogen-bond acceptors (Lipinski definition) is 3. The van der Waals surface area contributed by atoms with Gasteiger partial charge in [0, 0.05) is 18.2 Å². The summed E-state index contributed by atoms with van der Waals surface area (Å²) >= 11 is 0. The zero-order valence-corrected chi connectivity index (χ0v) is 8.95. The van der Waals surface area contributed by atoms with E-state index in [1.54, 1.807) is 29.3 Å². The number of carboxylic acids is 1. The Kier molecular flexibility index (Phi) is 2.14. The quantitative estimate of drug-likeness (QED) is 0.842. The summed E-state index contributed by atoms with van der Waals surface area (Å²) in [6.07, 6.45) is 4.34.